The summed E-state index contributed by atoms with van der Waals surface area (Å²) >= 11 is 1.80. The zero-order valence-corrected chi connectivity index (χ0v) is 7.92. The summed E-state index contributed by atoms with van der Waals surface area (Å²) in [5, 5.41) is 3.48. The highest BCUT2D eigenvalue weighted by atomic mass is 32.2. The van der Waals surface area contributed by atoms with Crippen LogP contribution in [0.1, 0.15) is 5.56 Å². The third-order valence-corrected chi connectivity index (χ3v) is 3.25. The van der Waals surface area contributed by atoms with Crippen molar-refractivity contribution in [3.8, 4) is 0 Å². The minimum absolute atomic E-state index is 1.07. The summed E-state index contributed by atoms with van der Waals surface area (Å²) in [6.07, 6.45) is 5.48. The van der Waals surface area contributed by atoms with Crippen molar-refractivity contribution in [3.05, 3.63) is 52.5 Å². The van der Waals surface area contributed by atoms with Gasteiger partial charge in [0, 0.05) is 11.9 Å². The van der Waals surface area contributed by atoms with Crippen LogP contribution in [0.3, 0.4) is 0 Å². The van der Waals surface area contributed by atoms with Crippen molar-refractivity contribution < 1.29 is 0 Å². The van der Waals surface area contributed by atoms with Gasteiger partial charge in [0.15, 0.2) is 0 Å². The van der Waals surface area contributed by atoms with E-state index in [0.29, 0.717) is 0 Å². The van der Waals surface area contributed by atoms with Gasteiger partial charge in [0.1, 0.15) is 0 Å². The van der Waals surface area contributed by atoms with E-state index in [1.807, 2.05) is 0 Å². The minimum Gasteiger partial charge on any atom is -0.311 e. The first-order valence-electron chi connectivity index (χ1n) is 4.36. The predicted molar refractivity (Wildman–Crippen MR) is 57.4 cm³/mol. The molecule has 3 rings (SSSR count). The van der Waals surface area contributed by atoms with Crippen LogP contribution in [0.5, 0.6) is 0 Å². The number of hydrogen-bond acceptors (Lipinski definition) is 2. The van der Waals surface area contributed by atoms with Gasteiger partial charge in [-0.25, -0.2) is 0 Å². The van der Waals surface area contributed by atoms with Gasteiger partial charge >= 0.3 is 0 Å². The molecule has 2 aliphatic heterocycles. The first-order valence-corrected chi connectivity index (χ1v) is 5.24. The van der Waals surface area contributed by atoms with Crippen LogP contribution in [0.4, 0.5) is 5.69 Å². The topological polar surface area (TPSA) is 3.24 Å². The molecule has 0 saturated carbocycles. The molecule has 0 amide bonds. The molecule has 0 radical (unpaired) electrons. The number of fused-ring (bicyclic) bond motifs is 3. The van der Waals surface area contributed by atoms with E-state index in [1.54, 1.807) is 11.8 Å². The molecule has 2 aliphatic rings. The van der Waals surface area contributed by atoms with E-state index >= 15 is 0 Å². The minimum atomic E-state index is 1.07. The van der Waals surface area contributed by atoms with Crippen LogP contribution in [-0.2, 0) is 6.42 Å². The SMILES string of the molecule is C1=CN2C(=CCc3ccccc32)S1. The smallest absolute Gasteiger partial charge is 0.0799 e. The van der Waals surface area contributed by atoms with Crippen molar-refractivity contribution >= 4 is 17.4 Å². The Labute approximate surface area is 81.7 Å². The maximum absolute atomic E-state index is 2.28. The Morgan fingerprint density at radius 1 is 1.23 bits per heavy atom. The van der Waals surface area contributed by atoms with Gasteiger partial charge < -0.3 is 4.90 Å². The van der Waals surface area contributed by atoms with Gasteiger partial charge in [-0.3, -0.25) is 0 Å². The van der Waals surface area contributed by atoms with E-state index in [2.05, 4.69) is 46.8 Å². The fourth-order valence-corrected chi connectivity index (χ4v) is 2.53. The second-order valence-corrected chi connectivity index (χ2v) is 4.07. The third-order valence-electron chi connectivity index (χ3n) is 2.38. The quantitative estimate of drug-likeness (QED) is 0.614. The summed E-state index contributed by atoms with van der Waals surface area (Å²) in [6.45, 7) is 0. The van der Waals surface area contributed by atoms with Gasteiger partial charge in [0.25, 0.3) is 0 Å². The van der Waals surface area contributed by atoms with Crippen LogP contribution < -0.4 is 4.90 Å². The number of hydrogen-bond donors (Lipinski definition) is 0. The number of thioether (sulfide) groups is 1. The molecule has 0 atom stereocenters. The summed E-state index contributed by atoms with van der Waals surface area (Å²) in [7, 11) is 0. The summed E-state index contributed by atoms with van der Waals surface area (Å²) in [5.41, 5.74) is 2.75. The molecule has 0 aliphatic carbocycles. The number of para-hydroxylation sites is 1. The van der Waals surface area contributed by atoms with Gasteiger partial charge in [-0.2, -0.15) is 0 Å². The first kappa shape index (κ1) is 7.27. The standard InChI is InChI=1S/C11H9NS/c1-2-4-10-9(3-1)5-6-11-12(10)7-8-13-11/h1-4,6-8H,5H2. The first-order chi connectivity index (χ1) is 6.45. The highest BCUT2D eigenvalue weighted by Gasteiger charge is 2.20. The summed E-state index contributed by atoms with van der Waals surface area (Å²) < 4.78 is 0. The van der Waals surface area contributed by atoms with Crippen molar-refractivity contribution in [2.24, 2.45) is 0 Å². The molecule has 0 fully saturated rings. The van der Waals surface area contributed by atoms with Crippen molar-refractivity contribution in [2.75, 3.05) is 4.90 Å². The van der Waals surface area contributed by atoms with E-state index in [4.69, 9.17) is 0 Å². The average molecular weight is 187 g/mol. The van der Waals surface area contributed by atoms with E-state index in [0.717, 1.165) is 6.42 Å². The lowest BCUT2D eigenvalue weighted by molar-refractivity contribution is 1.12. The lowest BCUT2D eigenvalue weighted by atomic mass is 10.1. The highest BCUT2D eigenvalue weighted by molar-refractivity contribution is 8.06. The predicted octanol–water partition coefficient (Wildman–Crippen LogP) is 3.11. The van der Waals surface area contributed by atoms with Gasteiger partial charge in [-0.15, -0.1) is 0 Å². The van der Waals surface area contributed by atoms with Crippen molar-refractivity contribution in [1.82, 2.24) is 0 Å². The molecule has 1 aromatic rings. The lowest BCUT2D eigenvalue weighted by Gasteiger charge is -2.24. The Kier molecular flexibility index (Phi) is 1.49. The molecule has 1 aromatic carbocycles. The summed E-state index contributed by atoms with van der Waals surface area (Å²) in [4.78, 5) is 2.25. The molecule has 2 heterocycles. The fraction of sp³-hybridized carbons (Fsp3) is 0.0909. The molecular weight excluding hydrogens is 178 g/mol. The van der Waals surface area contributed by atoms with Gasteiger partial charge in [0.05, 0.1) is 5.03 Å². The second kappa shape index (κ2) is 2.67. The number of nitrogens with zero attached hydrogens (tertiary/aromatic N) is 1. The Bertz CT molecular complexity index is 406. The normalized spacial score (nSPS) is 18.2. The molecule has 0 unspecified atom stereocenters. The number of allylic oxidation sites excluding steroid dienone is 1. The van der Waals surface area contributed by atoms with Crippen LogP contribution in [0.2, 0.25) is 0 Å². The second-order valence-electron chi connectivity index (χ2n) is 3.15. The van der Waals surface area contributed by atoms with Crippen molar-refractivity contribution in [1.29, 1.82) is 0 Å². The fourth-order valence-electron chi connectivity index (χ4n) is 1.75. The average Bonchev–Trinajstić information content (AvgIpc) is 2.65. The Hall–Kier alpha value is -1.15. The molecule has 0 saturated heterocycles. The van der Waals surface area contributed by atoms with Crippen LogP contribution in [0.15, 0.2) is 47.0 Å². The third kappa shape index (κ3) is 1.02. The van der Waals surface area contributed by atoms with Crippen molar-refractivity contribution in [3.63, 3.8) is 0 Å². The summed E-state index contributed by atoms with van der Waals surface area (Å²) in [5.74, 6) is 0. The van der Waals surface area contributed by atoms with Crippen molar-refractivity contribution in [2.45, 2.75) is 6.42 Å². The lowest BCUT2D eigenvalue weighted by Crippen LogP contribution is -2.15. The maximum Gasteiger partial charge on any atom is 0.0799 e. The number of benzene rings is 1. The van der Waals surface area contributed by atoms with Crippen LogP contribution in [0.25, 0.3) is 0 Å². The van der Waals surface area contributed by atoms with Crippen LogP contribution in [0, 0.1) is 0 Å². The van der Waals surface area contributed by atoms with E-state index in [9.17, 15) is 0 Å². The van der Waals surface area contributed by atoms with E-state index in [1.165, 1.54) is 16.3 Å². The number of rotatable bonds is 0. The molecule has 2 heteroatoms. The molecule has 64 valence electrons. The summed E-state index contributed by atoms with van der Waals surface area (Å²) in [6, 6.07) is 8.57. The van der Waals surface area contributed by atoms with E-state index < -0.39 is 0 Å². The van der Waals surface area contributed by atoms with Gasteiger partial charge in [-0.1, -0.05) is 30.0 Å². The Balaban J connectivity index is 2.17. The Morgan fingerprint density at radius 2 is 2.15 bits per heavy atom. The molecule has 0 aromatic heterocycles. The zero-order chi connectivity index (χ0) is 8.67. The number of anilines is 1. The molecule has 0 bridgehead atoms. The van der Waals surface area contributed by atoms with Crippen LogP contribution in [-0.4, -0.2) is 0 Å². The Morgan fingerprint density at radius 3 is 3.15 bits per heavy atom. The van der Waals surface area contributed by atoms with Crippen LogP contribution >= 0.6 is 11.8 Å². The largest absolute Gasteiger partial charge is 0.311 e. The molecule has 13 heavy (non-hydrogen) atoms. The molecular formula is C11H9NS. The van der Waals surface area contributed by atoms with Gasteiger partial charge in [0.2, 0.25) is 0 Å². The zero-order valence-electron chi connectivity index (χ0n) is 7.10. The molecule has 0 N–H and O–H groups in total. The monoisotopic (exact) mass is 187 g/mol. The highest BCUT2D eigenvalue weighted by Crippen LogP contribution is 2.39. The molecule has 1 nitrogen and oxygen atoms in total. The van der Waals surface area contributed by atoms with E-state index in [-0.39, 0.29) is 0 Å². The van der Waals surface area contributed by atoms with Gasteiger partial charge in [-0.05, 0) is 29.5 Å². The maximum atomic E-state index is 2.28. The molecule has 0 spiro atoms.